The molecule has 0 aromatic carbocycles. The molecular weight excluding hydrogens is 317 g/mol. The maximum atomic E-state index is 8.80. The summed E-state index contributed by atoms with van der Waals surface area (Å²) in [6.07, 6.45) is 1.90. The van der Waals surface area contributed by atoms with Gasteiger partial charge in [-0.3, -0.25) is 0 Å². The monoisotopic (exact) mass is 337 g/mol. The molecule has 1 aromatic rings. The number of aliphatic hydroxyl groups excluding tert-OH is 1. The van der Waals surface area contributed by atoms with Crippen LogP contribution in [0, 0.1) is 9.18 Å². The summed E-state index contributed by atoms with van der Waals surface area (Å²) in [6, 6.07) is 3.96. The molecular formula is C12H20INO2. The van der Waals surface area contributed by atoms with Crippen LogP contribution in [-0.4, -0.2) is 18.3 Å². The summed E-state index contributed by atoms with van der Waals surface area (Å²) >= 11 is 2.16. The molecule has 1 heterocycles. The van der Waals surface area contributed by atoms with Crippen LogP contribution in [0.2, 0.25) is 0 Å². The molecule has 0 saturated heterocycles. The molecule has 0 aliphatic heterocycles. The molecule has 16 heavy (non-hydrogen) atoms. The van der Waals surface area contributed by atoms with Gasteiger partial charge in [0.15, 0.2) is 3.77 Å². The summed E-state index contributed by atoms with van der Waals surface area (Å²) < 4.78 is 6.39. The lowest BCUT2D eigenvalue weighted by molar-refractivity contribution is 0.235. The van der Waals surface area contributed by atoms with E-state index >= 15 is 0 Å². The standard InChI is InChI=1S/C12H20INO2/c1-12(2,6-3-7-15)9-14-8-10-4-5-11(13)16-10/h4-5,14-15H,3,6-9H2,1-2H3. The molecule has 0 radical (unpaired) electrons. The van der Waals surface area contributed by atoms with Crippen molar-refractivity contribution < 1.29 is 9.52 Å². The minimum absolute atomic E-state index is 0.225. The normalized spacial score (nSPS) is 12.0. The van der Waals surface area contributed by atoms with E-state index < -0.39 is 0 Å². The molecule has 0 fully saturated rings. The van der Waals surface area contributed by atoms with Crippen LogP contribution in [0.15, 0.2) is 16.5 Å². The van der Waals surface area contributed by atoms with E-state index in [4.69, 9.17) is 9.52 Å². The van der Waals surface area contributed by atoms with Crippen LogP contribution in [-0.2, 0) is 6.54 Å². The maximum Gasteiger partial charge on any atom is 0.164 e. The Kier molecular flexibility index (Phi) is 5.78. The highest BCUT2D eigenvalue weighted by molar-refractivity contribution is 14.1. The van der Waals surface area contributed by atoms with Gasteiger partial charge >= 0.3 is 0 Å². The highest BCUT2D eigenvalue weighted by Crippen LogP contribution is 2.21. The average Bonchev–Trinajstić information content (AvgIpc) is 2.61. The van der Waals surface area contributed by atoms with Gasteiger partial charge in [-0.05, 0) is 53.0 Å². The van der Waals surface area contributed by atoms with Crippen LogP contribution in [0.3, 0.4) is 0 Å². The minimum Gasteiger partial charge on any atom is -0.454 e. The second-order valence-electron chi connectivity index (χ2n) is 4.80. The Morgan fingerprint density at radius 1 is 1.44 bits per heavy atom. The van der Waals surface area contributed by atoms with Gasteiger partial charge in [-0.15, -0.1) is 0 Å². The van der Waals surface area contributed by atoms with Crippen molar-refractivity contribution in [3.05, 3.63) is 21.7 Å². The number of halogens is 1. The smallest absolute Gasteiger partial charge is 0.164 e. The van der Waals surface area contributed by atoms with E-state index in [1.54, 1.807) is 0 Å². The minimum atomic E-state index is 0.225. The van der Waals surface area contributed by atoms with Crippen LogP contribution in [0.4, 0.5) is 0 Å². The Labute approximate surface area is 111 Å². The average molecular weight is 337 g/mol. The second-order valence-corrected chi connectivity index (χ2v) is 5.86. The van der Waals surface area contributed by atoms with Gasteiger partial charge in [0.1, 0.15) is 5.76 Å². The van der Waals surface area contributed by atoms with E-state index in [-0.39, 0.29) is 12.0 Å². The molecule has 0 aliphatic rings. The van der Waals surface area contributed by atoms with Crippen molar-refractivity contribution in [2.24, 2.45) is 5.41 Å². The quantitative estimate of drug-likeness (QED) is 0.752. The van der Waals surface area contributed by atoms with Crippen molar-refractivity contribution >= 4 is 22.6 Å². The zero-order valence-corrected chi connectivity index (χ0v) is 12.1. The summed E-state index contributed by atoms with van der Waals surface area (Å²) in [7, 11) is 0. The van der Waals surface area contributed by atoms with Gasteiger partial charge in [-0.2, -0.15) is 0 Å². The second kappa shape index (κ2) is 6.61. The summed E-state index contributed by atoms with van der Waals surface area (Å²) in [5.74, 6) is 0.974. The zero-order chi connectivity index (χ0) is 12.0. The van der Waals surface area contributed by atoms with E-state index in [2.05, 4.69) is 41.8 Å². The van der Waals surface area contributed by atoms with Crippen molar-refractivity contribution in [1.29, 1.82) is 0 Å². The first kappa shape index (κ1) is 14.0. The van der Waals surface area contributed by atoms with E-state index in [0.29, 0.717) is 0 Å². The molecule has 2 N–H and O–H groups in total. The van der Waals surface area contributed by atoms with Gasteiger partial charge < -0.3 is 14.8 Å². The first-order valence-electron chi connectivity index (χ1n) is 5.59. The molecule has 0 bridgehead atoms. The Hall–Kier alpha value is -0.0700. The van der Waals surface area contributed by atoms with Crippen molar-refractivity contribution in [2.75, 3.05) is 13.2 Å². The largest absolute Gasteiger partial charge is 0.454 e. The molecule has 0 spiro atoms. The molecule has 92 valence electrons. The first-order valence-corrected chi connectivity index (χ1v) is 6.67. The maximum absolute atomic E-state index is 8.80. The number of hydrogen-bond donors (Lipinski definition) is 2. The van der Waals surface area contributed by atoms with Gasteiger partial charge in [0.2, 0.25) is 0 Å². The SMILES string of the molecule is CC(C)(CCCO)CNCc1ccc(I)o1. The molecule has 0 amide bonds. The molecule has 0 saturated carbocycles. The lowest BCUT2D eigenvalue weighted by Gasteiger charge is -2.24. The summed E-state index contributed by atoms with van der Waals surface area (Å²) in [6.45, 7) is 6.40. The van der Waals surface area contributed by atoms with Gasteiger partial charge in [0.25, 0.3) is 0 Å². The summed E-state index contributed by atoms with van der Waals surface area (Å²) in [4.78, 5) is 0. The number of hydrogen-bond acceptors (Lipinski definition) is 3. The molecule has 0 atom stereocenters. The van der Waals surface area contributed by atoms with Gasteiger partial charge in [0, 0.05) is 13.2 Å². The lowest BCUT2D eigenvalue weighted by atomic mass is 9.88. The van der Waals surface area contributed by atoms with Crippen LogP contribution < -0.4 is 5.32 Å². The molecule has 1 aromatic heterocycles. The van der Waals surface area contributed by atoms with E-state index in [9.17, 15) is 0 Å². The molecule has 3 nitrogen and oxygen atoms in total. The van der Waals surface area contributed by atoms with Crippen molar-refractivity contribution in [3.8, 4) is 0 Å². The van der Waals surface area contributed by atoms with Crippen molar-refractivity contribution in [3.63, 3.8) is 0 Å². The predicted molar refractivity (Wildman–Crippen MR) is 73.2 cm³/mol. The Morgan fingerprint density at radius 3 is 2.75 bits per heavy atom. The van der Waals surface area contributed by atoms with E-state index in [0.717, 1.165) is 35.5 Å². The molecule has 4 heteroatoms. The lowest BCUT2D eigenvalue weighted by Crippen LogP contribution is -2.29. The third-order valence-corrected chi connectivity index (χ3v) is 3.12. The fraction of sp³-hybridized carbons (Fsp3) is 0.667. The molecule has 0 aliphatic carbocycles. The number of aliphatic hydroxyl groups is 1. The first-order chi connectivity index (χ1) is 7.53. The Morgan fingerprint density at radius 2 is 2.19 bits per heavy atom. The van der Waals surface area contributed by atoms with E-state index in [1.807, 2.05) is 12.1 Å². The van der Waals surface area contributed by atoms with Gasteiger partial charge in [-0.25, -0.2) is 0 Å². The summed E-state index contributed by atoms with van der Waals surface area (Å²) in [5, 5.41) is 12.2. The Bertz CT molecular complexity index is 310. The third kappa shape index (κ3) is 5.32. The van der Waals surface area contributed by atoms with E-state index in [1.165, 1.54) is 0 Å². The summed E-state index contributed by atoms with van der Waals surface area (Å²) in [5.41, 5.74) is 0.225. The highest BCUT2D eigenvalue weighted by Gasteiger charge is 2.16. The van der Waals surface area contributed by atoms with Crippen molar-refractivity contribution in [2.45, 2.75) is 33.2 Å². The van der Waals surface area contributed by atoms with Gasteiger partial charge in [0.05, 0.1) is 6.54 Å². The number of rotatable bonds is 7. The number of nitrogens with one attached hydrogen (secondary N) is 1. The number of furan rings is 1. The van der Waals surface area contributed by atoms with Crippen LogP contribution in [0.5, 0.6) is 0 Å². The fourth-order valence-corrected chi connectivity index (χ4v) is 2.08. The topological polar surface area (TPSA) is 45.4 Å². The molecule has 0 unspecified atom stereocenters. The van der Waals surface area contributed by atoms with Crippen LogP contribution in [0.25, 0.3) is 0 Å². The van der Waals surface area contributed by atoms with Crippen molar-refractivity contribution in [1.82, 2.24) is 5.32 Å². The zero-order valence-electron chi connectivity index (χ0n) is 9.92. The Balaban J connectivity index is 2.24. The van der Waals surface area contributed by atoms with Gasteiger partial charge in [-0.1, -0.05) is 13.8 Å². The third-order valence-electron chi connectivity index (χ3n) is 2.54. The van der Waals surface area contributed by atoms with Crippen LogP contribution in [0.1, 0.15) is 32.4 Å². The molecule has 1 rings (SSSR count). The highest BCUT2D eigenvalue weighted by atomic mass is 127. The predicted octanol–water partition coefficient (Wildman–Crippen LogP) is 2.77. The van der Waals surface area contributed by atoms with Crippen LogP contribution >= 0.6 is 22.6 Å². The fourth-order valence-electron chi connectivity index (χ4n) is 1.62.